The minimum Gasteiger partial charge on any atom is -0.359 e. The van der Waals surface area contributed by atoms with Crippen molar-refractivity contribution < 1.29 is 13.2 Å². The molecule has 1 heterocycles. The van der Waals surface area contributed by atoms with Gasteiger partial charge in [-0.05, 0) is 43.4 Å². The average Bonchev–Trinajstić information content (AvgIpc) is 2.72. The maximum Gasteiger partial charge on any atom is 0.242 e. The fourth-order valence-electron chi connectivity index (χ4n) is 3.28. The number of carbonyl (C=O) groups is 1. The molecular formula is C20H34IN5O3S. The predicted octanol–water partition coefficient (Wildman–Crippen LogP) is 1.87. The van der Waals surface area contributed by atoms with Crippen molar-refractivity contribution in [3.63, 3.8) is 0 Å². The van der Waals surface area contributed by atoms with E-state index in [1.54, 1.807) is 31.3 Å². The van der Waals surface area contributed by atoms with Gasteiger partial charge in [-0.2, -0.15) is 0 Å². The second-order valence-corrected chi connectivity index (χ2v) is 9.56. The van der Waals surface area contributed by atoms with Gasteiger partial charge in [-0.25, -0.2) is 17.7 Å². The Labute approximate surface area is 197 Å². The second-order valence-electron chi connectivity index (χ2n) is 7.41. The van der Waals surface area contributed by atoms with Crippen LogP contribution in [0, 0.1) is 5.92 Å². The van der Waals surface area contributed by atoms with Crippen molar-refractivity contribution in [3.8, 4) is 0 Å². The fraction of sp³-hybridized carbons (Fsp3) is 0.600. The van der Waals surface area contributed by atoms with E-state index in [1.165, 1.54) is 18.4 Å². The van der Waals surface area contributed by atoms with E-state index in [4.69, 9.17) is 4.99 Å². The van der Waals surface area contributed by atoms with Crippen LogP contribution in [0.4, 0.5) is 0 Å². The Hall–Kier alpha value is -1.40. The number of amides is 1. The molecule has 1 aromatic rings. The number of sulfonamides is 1. The summed E-state index contributed by atoms with van der Waals surface area (Å²) in [5, 5.41) is 6.03. The minimum absolute atomic E-state index is 0. The van der Waals surface area contributed by atoms with Gasteiger partial charge in [-0.15, -0.1) is 24.0 Å². The summed E-state index contributed by atoms with van der Waals surface area (Å²) in [6.45, 7) is 5.02. The largest absolute Gasteiger partial charge is 0.359 e. The molecule has 0 aromatic heterocycles. The molecule has 2 N–H and O–H groups in total. The van der Waals surface area contributed by atoms with Crippen LogP contribution in [0.5, 0.6) is 0 Å². The summed E-state index contributed by atoms with van der Waals surface area (Å²) in [5.74, 6) is 1.37. The first-order valence-corrected chi connectivity index (χ1v) is 11.5. The number of likely N-dealkylation sites (tertiary alicyclic amines) is 1. The average molecular weight is 551 g/mol. The van der Waals surface area contributed by atoms with Crippen LogP contribution in [0.25, 0.3) is 0 Å². The SMILES string of the molecule is CCNC(=NCc1ccc(S(=O)(=O)N(C)C)cc1)N1CCC(CC(=O)NC)CC1.I. The molecule has 0 radical (unpaired) electrons. The lowest BCUT2D eigenvalue weighted by Crippen LogP contribution is -2.46. The zero-order chi connectivity index (χ0) is 21.4. The summed E-state index contributed by atoms with van der Waals surface area (Å²) in [6, 6.07) is 6.85. The molecule has 0 atom stereocenters. The van der Waals surface area contributed by atoms with Crippen LogP contribution in [0.1, 0.15) is 31.7 Å². The molecule has 0 spiro atoms. The smallest absolute Gasteiger partial charge is 0.242 e. The van der Waals surface area contributed by atoms with E-state index in [0.717, 1.165) is 44.0 Å². The van der Waals surface area contributed by atoms with Crippen LogP contribution in [0.3, 0.4) is 0 Å². The van der Waals surface area contributed by atoms with Gasteiger partial charge >= 0.3 is 0 Å². The summed E-state index contributed by atoms with van der Waals surface area (Å²) in [6.07, 6.45) is 2.52. The van der Waals surface area contributed by atoms with Crippen molar-refractivity contribution in [1.29, 1.82) is 0 Å². The molecule has 1 aromatic carbocycles. The predicted molar refractivity (Wildman–Crippen MR) is 131 cm³/mol. The number of hydrogen-bond acceptors (Lipinski definition) is 4. The molecule has 1 fully saturated rings. The Balaban J connectivity index is 0.00000450. The molecule has 0 aliphatic carbocycles. The quantitative estimate of drug-likeness (QED) is 0.307. The Morgan fingerprint density at radius 1 is 1.20 bits per heavy atom. The fourth-order valence-corrected chi connectivity index (χ4v) is 4.18. The maximum atomic E-state index is 12.2. The van der Waals surface area contributed by atoms with Gasteiger partial charge in [0.25, 0.3) is 0 Å². The van der Waals surface area contributed by atoms with Crippen molar-refractivity contribution in [3.05, 3.63) is 29.8 Å². The van der Waals surface area contributed by atoms with E-state index in [0.29, 0.717) is 18.9 Å². The zero-order valence-corrected chi connectivity index (χ0v) is 21.4. The standard InChI is InChI=1S/C20H33N5O3S.HI/c1-5-22-20(25-12-10-16(11-13-25)14-19(26)21-2)23-15-17-6-8-18(9-7-17)29(27,28)24(3)4;/h6-9,16H,5,10-15H2,1-4H3,(H,21,26)(H,22,23);1H. The number of nitrogens with one attached hydrogen (secondary N) is 2. The third-order valence-electron chi connectivity index (χ3n) is 5.12. The van der Waals surface area contributed by atoms with Crippen LogP contribution in [0.2, 0.25) is 0 Å². The third kappa shape index (κ3) is 7.38. The number of benzene rings is 1. The summed E-state index contributed by atoms with van der Waals surface area (Å²) >= 11 is 0. The van der Waals surface area contributed by atoms with Gasteiger partial charge < -0.3 is 15.5 Å². The number of carbonyl (C=O) groups excluding carboxylic acids is 1. The molecule has 0 saturated carbocycles. The highest BCUT2D eigenvalue weighted by atomic mass is 127. The normalized spacial score (nSPS) is 15.6. The van der Waals surface area contributed by atoms with Gasteiger partial charge in [0.1, 0.15) is 0 Å². The molecule has 0 bridgehead atoms. The van der Waals surface area contributed by atoms with Gasteiger partial charge in [0.15, 0.2) is 5.96 Å². The van der Waals surface area contributed by atoms with Gasteiger partial charge in [0.2, 0.25) is 15.9 Å². The third-order valence-corrected chi connectivity index (χ3v) is 6.94. The Morgan fingerprint density at radius 2 is 1.80 bits per heavy atom. The van der Waals surface area contributed by atoms with Crippen LogP contribution in [-0.2, 0) is 21.4 Å². The van der Waals surface area contributed by atoms with E-state index in [2.05, 4.69) is 15.5 Å². The number of rotatable bonds is 7. The Kier molecular flexibility index (Phi) is 11.1. The summed E-state index contributed by atoms with van der Waals surface area (Å²) in [4.78, 5) is 18.8. The number of hydrogen-bond donors (Lipinski definition) is 2. The highest BCUT2D eigenvalue weighted by Gasteiger charge is 2.23. The summed E-state index contributed by atoms with van der Waals surface area (Å²) in [7, 11) is 1.30. The van der Waals surface area contributed by atoms with Crippen LogP contribution in [0.15, 0.2) is 34.2 Å². The Bertz CT molecular complexity index is 804. The second kappa shape index (κ2) is 12.5. The van der Waals surface area contributed by atoms with Crippen LogP contribution >= 0.6 is 24.0 Å². The lowest BCUT2D eigenvalue weighted by atomic mass is 9.93. The minimum atomic E-state index is -3.42. The summed E-state index contributed by atoms with van der Waals surface area (Å²) < 4.78 is 25.5. The van der Waals surface area contributed by atoms with Gasteiger partial charge in [-0.3, -0.25) is 4.79 Å². The van der Waals surface area contributed by atoms with Crippen LogP contribution in [-0.4, -0.2) is 70.3 Å². The maximum absolute atomic E-state index is 12.2. The number of piperidine rings is 1. The van der Waals surface area contributed by atoms with E-state index in [1.807, 2.05) is 6.92 Å². The van der Waals surface area contributed by atoms with Crippen molar-refractivity contribution in [1.82, 2.24) is 19.8 Å². The number of halogens is 1. The van der Waals surface area contributed by atoms with Crippen molar-refractivity contribution >= 4 is 45.9 Å². The number of guanidine groups is 1. The highest BCUT2D eigenvalue weighted by Crippen LogP contribution is 2.21. The lowest BCUT2D eigenvalue weighted by Gasteiger charge is -2.34. The first-order valence-electron chi connectivity index (χ1n) is 10.0. The molecule has 0 unspecified atom stereocenters. The first kappa shape index (κ1) is 26.6. The van der Waals surface area contributed by atoms with E-state index < -0.39 is 10.0 Å². The molecule has 8 nitrogen and oxygen atoms in total. The van der Waals surface area contributed by atoms with Crippen molar-refractivity contribution in [2.45, 2.75) is 37.6 Å². The van der Waals surface area contributed by atoms with E-state index in [-0.39, 0.29) is 34.8 Å². The highest BCUT2D eigenvalue weighted by molar-refractivity contribution is 14.0. The molecule has 170 valence electrons. The van der Waals surface area contributed by atoms with Gasteiger partial charge in [0, 0.05) is 47.2 Å². The molecule has 1 saturated heterocycles. The molecule has 1 amide bonds. The molecule has 1 aliphatic rings. The van der Waals surface area contributed by atoms with Crippen molar-refractivity contribution in [2.24, 2.45) is 10.9 Å². The molecular weight excluding hydrogens is 517 g/mol. The topological polar surface area (TPSA) is 94.1 Å². The van der Waals surface area contributed by atoms with E-state index >= 15 is 0 Å². The first-order chi connectivity index (χ1) is 13.8. The summed E-state index contributed by atoms with van der Waals surface area (Å²) in [5.41, 5.74) is 0.951. The lowest BCUT2D eigenvalue weighted by molar-refractivity contribution is -0.121. The van der Waals surface area contributed by atoms with Gasteiger partial charge in [0.05, 0.1) is 11.4 Å². The van der Waals surface area contributed by atoms with E-state index in [9.17, 15) is 13.2 Å². The monoisotopic (exact) mass is 551 g/mol. The van der Waals surface area contributed by atoms with Crippen LogP contribution < -0.4 is 10.6 Å². The van der Waals surface area contributed by atoms with Crippen molar-refractivity contribution in [2.75, 3.05) is 40.8 Å². The zero-order valence-electron chi connectivity index (χ0n) is 18.2. The molecule has 10 heteroatoms. The van der Waals surface area contributed by atoms with Gasteiger partial charge in [-0.1, -0.05) is 12.1 Å². The number of nitrogens with zero attached hydrogens (tertiary/aromatic N) is 3. The Morgan fingerprint density at radius 3 is 2.30 bits per heavy atom. The molecule has 1 aliphatic heterocycles. The number of aliphatic imine (C=N–C) groups is 1. The molecule has 30 heavy (non-hydrogen) atoms. The molecule has 2 rings (SSSR count).